The molecule has 0 spiro atoms. The van der Waals surface area contributed by atoms with Gasteiger partial charge >= 0.3 is 0 Å². The molecule has 0 bridgehead atoms. The van der Waals surface area contributed by atoms with Gasteiger partial charge in [-0.1, -0.05) is 42.5 Å². The Bertz CT molecular complexity index is 875. The van der Waals surface area contributed by atoms with Crippen LogP contribution >= 0.6 is 0 Å². The molecule has 1 atom stereocenters. The largest absolute Gasteiger partial charge is 0.379 e. The molecule has 6 heteroatoms. The number of carbonyl (C=O) groups is 2. The van der Waals surface area contributed by atoms with Gasteiger partial charge < -0.3 is 15.0 Å². The highest BCUT2D eigenvalue weighted by molar-refractivity contribution is 5.92. The molecule has 31 heavy (non-hydrogen) atoms. The van der Waals surface area contributed by atoms with Gasteiger partial charge in [-0.2, -0.15) is 0 Å². The Morgan fingerprint density at radius 1 is 1.10 bits per heavy atom. The molecule has 0 aliphatic carbocycles. The fourth-order valence-corrected chi connectivity index (χ4v) is 3.63. The number of benzene rings is 2. The van der Waals surface area contributed by atoms with Crippen molar-refractivity contribution in [1.29, 1.82) is 0 Å². The molecule has 2 aromatic rings. The number of amides is 2. The smallest absolute Gasteiger partial charge is 0.247 e. The molecule has 2 aromatic carbocycles. The van der Waals surface area contributed by atoms with E-state index in [0.29, 0.717) is 6.54 Å². The van der Waals surface area contributed by atoms with Crippen molar-refractivity contribution in [3.05, 3.63) is 71.8 Å². The molecule has 1 fully saturated rings. The van der Waals surface area contributed by atoms with Crippen molar-refractivity contribution in [2.24, 2.45) is 0 Å². The number of nitrogens with zero attached hydrogens (tertiary/aromatic N) is 2. The first-order chi connectivity index (χ1) is 15.0. The third-order valence-corrected chi connectivity index (χ3v) is 5.29. The first kappa shape index (κ1) is 22.7. The number of hydrogen-bond acceptors (Lipinski definition) is 4. The second kappa shape index (κ2) is 11.4. The number of rotatable bonds is 8. The van der Waals surface area contributed by atoms with Gasteiger partial charge in [-0.05, 0) is 36.3 Å². The molecular formula is C25H31N3O3. The third kappa shape index (κ3) is 7.35. The first-order valence-corrected chi connectivity index (χ1v) is 10.7. The van der Waals surface area contributed by atoms with Crippen molar-refractivity contribution in [2.75, 3.05) is 38.2 Å². The molecule has 3 rings (SSSR count). The molecule has 1 unspecified atom stereocenters. The standard InChI is InChI=1S/C25H31N3O3/c1-20(18-27-14-16-31-17-15-27)28(19-23-6-4-3-5-7-23)25(30)13-10-22-8-11-24(12-9-22)26-21(2)29/h3-13,20H,14-19H2,1-2H3,(H,26,29)/b13-10+. The molecule has 0 radical (unpaired) electrons. The van der Waals surface area contributed by atoms with Gasteiger partial charge in [0.2, 0.25) is 11.8 Å². The molecule has 1 aliphatic rings. The third-order valence-electron chi connectivity index (χ3n) is 5.29. The molecule has 1 N–H and O–H groups in total. The lowest BCUT2D eigenvalue weighted by Crippen LogP contribution is -2.47. The highest BCUT2D eigenvalue weighted by Gasteiger charge is 2.22. The van der Waals surface area contributed by atoms with Gasteiger partial charge in [-0.25, -0.2) is 0 Å². The minimum absolute atomic E-state index is 0.0180. The summed E-state index contributed by atoms with van der Waals surface area (Å²) in [5.74, 6) is -0.125. The number of morpholine rings is 1. The molecule has 1 heterocycles. The molecular weight excluding hydrogens is 390 g/mol. The maximum atomic E-state index is 13.2. The summed E-state index contributed by atoms with van der Waals surface area (Å²) in [5, 5.41) is 2.74. The second-order valence-corrected chi connectivity index (χ2v) is 7.85. The van der Waals surface area contributed by atoms with Gasteiger partial charge in [0.05, 0.1) is 13.2 Å². The van der Waals surface area contributed by atoms with Crippen LogP contribution in [0, 0.1) is 0 Å². The van der Waals surface area contributed by atoms with Crippen LogP contribution in [-0.4, -0.2) is 60.5 Å². The Kier molecular flexibility index (Phi) is 8.38. The van der Waals surface area contributed by atoms with Crippen LogP contribution in [0.1, 0.15) is 25.0 Å². The van der Waals surface area contributed by atoms with Crippen LogP contribution in [0.2, 0.25) is 0 Å². The van der Waals surface area contributed by atoms with Gasteiger partial charge in [0.1, 0.15) is 0 Å². The zero-order valence-corrected chi connectivity index (χ0v) is 18.3. The van der Waals surface area contributed by atoms with Gasteiger partial charge in [0.15, 0.2) is 0 Å². The summed E-state index contributed by atoms with van der Waals surface area (Å²) < 4.78 is 5.45. The van der Waals surface area contributed by atoms with Gasteiger partial charge in [-0.15, -0.1) is 0 Å². The van der Waals surface area contributed by atoms with Crippen LogP contribution in [0.4, 0.5) is 5.69 Å². The zero-order chi connectivity index (χ0) is 22.1. The SMILES string of the molecule is CC(=O)Nc1ccc(/C=C/C(=O)N(Cc2ccccc2)C(C)CN2CCOCC2)cc1. The summed E-state index contributed by atoms with van der Waals surface area (Å²) in [6, 6.07) is 17.6. The van der Waals surface area contributed by atoms with Crippen LogP contribution in [0.15, 0.2) is 60.7 Å². The second-order valence-electron chi connectivity index (χ2n) is 7.85. The summed E-state index contributed by atoms with van der Waals surface area (Å²) in [7, 11) is 0. The summed E-state index contributed by atoms with van der Waals surface area (Å²) >= 11 is 0. The van der Waals surface area contributed by atoms with E-state index in [-0.39, 0.29) is 17.9 Å². The lowest BCUT2D eigenvalue weighted by molar-refractivity contribution is -0.129. The number of carbonyl (C=O) groups excluding carboxylic acids is 2. The first-order valence-electron chi connectivity index (χ1n) is 10.7. The molecule has 6 nitrogen and oxygen atoms in total. The predicted octanol–water partition coefficient (Wildman–Crippen LogP) is 3.41. The van der Waals surface area contributed by atoms with Gasteiger partial charge in [-0.3, -0.25) is 14.5 Å². The van der Waals surface area contributed by atoms with Crippen molar-refractivity contribution in [3.63, 3.8) is 0 Å². The topological polar surface area (TPSA) is 61.9 Å². The monoisotopic (exact) mass is 421 g/mol. The van der Waals surface area contributed by atoms with Crippen LogP contribution in [-0.2, 0) is 20.9 Å². The van der Waals surface area contributed by atoms with Crippen LogP contribution < -0.4 is 5.32 Å². The molecule has 0 saturated carbocycles. The van der Waals surface area contributed by atoms with E-state index in [2.05, 4.69) is 17.1 Å². The molecule has 164 valence electrons. The van der Waals surface area contributed by atoms with Crippen molar-refractivity contribution in [2.45, 2.75) is 26.4 Å². The summed E-state index contributed by atoms with van der Waals surface area (Å²) in [6.07, 6.45) is 3.45. The minimum atomic E-state index is -0.107. The van der Waals surface area contributed by atoms with Gasteiger partial charge in [0.25, 0.3) is 0 Å². The maximum absolute atomic E-state index is 13.2. The van der Waals surface area contributed by atoms with Crippen molar-refractivity contribution in [3.8, 4) is 0 Å². The lowest BCUT2D eigenvalue weighted by atomic mass is 10.1. The fraction of sp³-hybridized carbons (Fsp3) is 0.360. The normalized spacial score (nSPS) is 15.5. The van der Waals surface area contributed by atoms with E-state index >= 15 is 0 Å². The van der Waals surface area contributed by atoms with Crippen molar-refractivity contribution < 1.29 is 14.3 Å². The number of hydrogen-bond donors (Lipinski definition) is 1. The van der Waals surface area contributed by atoms with E-state index in [1.807, 2.05) is 65.6 Å². The Labute approximate surface area is 184 Å². The minimum Gasteiger partial charge on any atom is -0.379 e. The highest BCUT2D eigenvalue weighted by atomic mass is 16.5. The van der Waals surface area contributed by atoms with Crippen LogP contribution in [0.5, 0.6) is 0 Å². The Morgan fingerprint density at radius 2 is 1.77 bits per heavy atom. The van der Waals surface area contributed by atoms with E-state index in [4.69, 9.17) is 4.74 Å². The Balaban J connectivity index is 1.69. The Morgan fingerprint density at radius 3 is 2.42 bits per heavy atom. The highest BCUT2D eigenvalue weighted by Crippen LogP contribution is 2.14. The van der Waals surface area contributed by atoms with E-state index in [0.717, 1.165) is 49.7 Å². The number of ether oxygens (including phenoxy) is 1. The lowest BCUT2D eigenvalue weighted by Gasteiger charge is -2.34. The van der Waals surface area contributed by atoms with E-state index in [9.17, 15) is 9.59 Å². The van der Waals surface area contributed by atoms with Crippen LogP contribution in [0.3, 0.4) is 0 Å². The predicted molar refractivity (Wildman–Crippen MR) is 123 cm³/mol. The maximum Gasteiger partial charge on any atom is 0.247 e. The molecule has 1 aliphatic heterocycles. The van der Waals surface area contributed by atoms with Gasteiger partial charge in [0, 0.05) is 50.9 Å². The number of nitrogens with one attached hydrogen (secondary N) is 1. The quantitative estimate of drug-likeness (QED) is 0.664. The summed E-state index contributed by atoms with van der Waals surface area (Å²) in [6.45, 7) is 8.25. The van der Waals surface area contributed by atoms with E-state index in [1.165, 1.54) is 6.92 Å². The average molecular weight is 422 g/mol. The molecule has 0 aromatic heterocycles. The zero-order valence-electron chi connectivity index (χ0n) is 18.3. The van der Waals surface area contributed by atoms with Crippen molar-refractivity contribution >= 4 is 23.6 Å². The molecule has 1 saturated heterocycles. The fourth-order valence-electron chi connectivity index (χ4n) is 3.63. The summed E-state index contributed by atoms with van der Waals surface area (Å²) in [5.41, 5.74) is 2.75. The van der Waals surface area contributed by atoms with Crippen LogP contribution in [0.25, 0.3) is 6.08 Å². The average Bonchev–Trinajstić information content (AvgIpc) is 2.78. The van der Waals surface area contributed by atoms with E-state index in [1.54, 1.807) is 6.08 Å². The Hall–Kier alpha value is -2.96. The molecule has 2 amide bonds. The number of anilines is 1. The summed E-state index contributed by atoms with van der Waals surface area (Å²) in [4.78, 5) is 28.6. The van der Waals surface area contributed by atoms with E-state index < -0.39 is 0 Å². The van der Waals surface area contributed by atoms with Crippen molar-refractivity contribution in [1.82, 2.24) is 9.80 Å².